The molecule has 0 aliphatic carbocycles. The molecule has 0 saturated carbocycles. The highest BCUT2D eigenvalue weighted by molar-refractivity contribution is 4.86. The average Bonchev–Trinajstić information content (AvgIpc) is 2.40. The van der Waals surface area contributed by atoms with Gasteiger partial charge in [0.05, 0.1) is 18.8 Å². The molecule has 2 heterocycles. The highest BCUT2D eigenvalue weighted by atomic mass is 16.5. The SMILES string of the molecule is CC(CC1COCCN1)N(C)CC1(O)CCOCC1. The number of likely N-dealkylation sites (N-methyl/N-ethyl adjacent to an activating group) is 1. The zero-order chi connectivity index (χ0) is 13.7. The summed E-state index contributed by atoms with van der Waals surface area (Å²) in [6.45, 7) is 6.87. The second-order valence-electron chi connectivity index (χ2n) is 6.06. The summed E-state index contributed by atoms with van der Waals surface area (Å²) in [4.78, 5) is 2.27. The number of ether oxygens (including phenoxy) is 2. The van der Waals surface area contributed by atoms with E-state index < -0.39 is 5.60 Å². The molecule has 2 unspecified atom stereocenters. The molecule has 2 aliphatic heterocycles. The fourth-order valence-corrected chi connectivity index (χ4v) is 2.89. The van der Waals surface area contributed by atoms with Crippen molar-refractivity contribution >= 4 is 0 Å². The van der Waals surface area contributed by atoms with Crippen LogP contribution in [0.1, 0.15) is 26.2 Å². The van der Waals surface area contributed by atoms with Gasteiger partial charge in [-0.1, -0.05) is 0 Å². The van der Waals surface area contributed by atoms with Crippen molar-refractivity contribution in [1.29, 1.82) is 0 Å². The van der Waals surface area contributed by atoms with Crippen LogP contribution in [0.5, 0.6) is 0 Å². The maximum absolute atomic E-state index is 10.5. The van der Waals surface area contributed by atoms with Crippen molar-refractivity contribution in [1.82, 2.24) is 10.2 Å². The molecule has 0 bridgehead atoms. The Hall–Kier alpha value is -0.200. The molecular weight excluding hydrogens is 244 g/mol. The largest absolute Gasteiger partial charge is 0.388 e. The molecule has 0 amide bonds. The molecule has 2 atom stereocenters. The van der Waals surface area contributed by atoms with Crippen molar-refractivity contribution < 1.29 is 14.6 Å². The summed E-state index contributed by atoms with van der Waals surface area (Å²) >= 11 is 0. The monoisotopic (exact) mass is 272 g/mol. The van der Waals surface area contributed by atoms with Crippen molar-refractivity contribution in [3.63, 3.8) is 0 Å². The van der Waals surface area contributed by atoms with Crippen molar-refractivity contribution in [3.8, 4) is 0 Å². The minimum atomic E-state index is -0.572. The highest BCUT2D eigenvalue weighted by Gasteiger charge is 2.32. The molecule has 2 rings (SSSR count). The van der Waals surface area contributed by atoms with Crippen LogP contribution in [0.3, 0.4) is 0 Å². The molecule has 0 spiro atoms. The van der Waals surface area contributed by atoms with Gasteiger partial charge in [-0.25, -0.2) is 0 Å². The van der Waals surface area contributed by atoms with Crippen molar-refractivity contribution in [2.45, 2.75) is 43.9 Å². The zero-order valence-electron chi connectivity index (χ0n) is 12.2. The quantitative estimate of drug-likeness (QED) is 0.750. The van der Waals surface area contributed by atoms with Crippen LogP contribution in [0.4, 0.5) is 0 Å². The first kappa shape index (κ1) is 15.2. The standard InChI is InChI=1S/C14H28N2O3/c1-12(9-13-10-19-8-5-15-13)16(2)11-14(17)3-6-18-7-4-14/h12-13,15,17H,3-11H2,1-2H3. The molecule has 0 aromatic rings. The van der Waals surface area contributed by atoms with E-state index in [1.807, 2.05) is 0 Å². The third-order valence-corrected chi connectivity index (χ3v) is 4.34. The Morgan fingerprint density at radius 1 is 1.32 bits per heavy atom. The van der Waals surface area contributed by atoms with Crippen LogP contribution < -0.4 is 5.32 Å². The molecule has 112 valence electrons. The number of rotatable bonds is 5. The number of nitrogens with zero attached hydrogens (tertiary/aromatic N) is 1. The Morgan fingerprint density at radius 3 is 2.68 bits per heavy atom. The fourth-order valence-electron chi connectivity index (χ4n) is 2.89. The fraction of sp³-hybridized carbons (Fsp3) is 1.00. The van der Waals surface area contributed by atoms with Gasteiger partial charge in [0.2, 0.25) is 0 Å². The van der Waals surface area contributed by atoms with Crippen LogP contribution in [0.2, 0.25) is 0 Å². The van der Waals surface area contributed by atoms with Gasteiger partial charge in [-0.3, -0.25) is 0 Å². The van der Waals surface area contributed by atoms with Crippen LogP contribution in [-0.2, 0) is 9.47 Å². The van der Waals surface area contributed by atoms with E-state index in [0.29, 0.717) is 25.3 Å². The van der Waals surface area contributed by atoms with Crippen molar-refractivity contribution in [3.05, 3.63) is 0 Å². The van der Waals surface area contributed by atoms with Crippen LogP contribution in [0.25, 0.3) is 0 Å². The van der Waals surface area contributed by atoms with Gasteiger partial charge in [0.1, 0.15) is 0 Å². The molecule has 2 fully saturated rings. The van der Waals surface area contributed by atoms with Gasteiger partial charge in [-0.2, -0.15) is 0 Å². The Labute approximate surface area is 116 Å². The summed E-state index contributed by atoms with van der Waals surface area (Å²) in [5.41, 5.74) is -0.572. The zero-order valence-corrected chi connectivity index (χ0v) is 12.2. The third kappa shape index (κ3) is 4.68. The normalized spacial score (nSPS) is 29.4. The van der Waals surface area contributed by atoms with Crippen LogP contribution in [0, 0.1) is 0 Å². The van der Waals surface area contributed by atoms with Crippen LogP contribution in [-0.4, -0.2) is 74.3 Å². The molecule has 0 radical (unpaired) electrons. The lowest BCUT2D eigenvalue weighted by atomic mass is 9.93. The molecule has 19 heavy (non-hydrogen) atoms. The number of nitrogens with one attached hydrogen (secondary N) is 1. The first-order valence-electron chi connectivity index (χ1n) is 7.40. The summed E-state index contributed by atoms with van der Waals surface area (Å²) < 4.78 is 10.8. The first-order valence-corrected chi connectivity index (χ1v) is 7.40. The van der Waals surface area contributed by atoms with E-state index in [9.17, 15) is 5.11 Å². The maximum atomic E-state index is 10.5. The molecule has 0 aromatic heterocycles. The number of hydrogen-bond acceptors (Lipinski definition) is 5. The van der Waals surface area contributed by atoms with Gasteiger partial charge < -0.3 is 24.8 Å². The van der Waals surface area contributed by atoms with E-state index in [2.05, 4.69) is 24.2 Å². The summed E-state index contributed by atoms with van der Waals surface area (Å²) in [5, 5.41) is 14.0. The lowest BCUT2D eigenvalue weighted by Gasteiger charge is -2.38. The molecule has 0 aromatic carbocycles. The maximum Gasteiger partial charge on any atom is 0.0817 e. The van der Waals surface area contributed by atoms with Gasteiger partial charge >= 0.3 is 0 Å². The van der Waals surface area contributed by atoms with E-state index in [-0.39, 0.29) is 0 Å². The van der Waals surface area contributed by atoms with Gasteiger partial charge in [-0.05, 0) is 20.4 Å². The van der Waals surface area contributed by atoms with Gasteiger partial charge in [0.25, 0.3) is 0 Å². The Kier molecular flexibility index (Phi) is 5.59. The van der Waals surface area contributed by atoms with Crippen LogP contribution in [0.15, 0.2) is 0 Å². The molecule has 5 nitrogen and oxygen atoms in total. The topological polar surface area (TPSA) is 54.0 Å². The Bertz CT molecular complexity index is 263. The lowest BCUT2D eigenvalue weighted by Crippen LogP contribution is -2.50. The summed E-state index contributed by atoms with van der Waals surface area (Å²) in [6, 6.07) is 0.876. The summed E-state index contributed by atoms with van der Waals surface area (Å²) in [6.07, 6.45) is 2.55. The smallest absolute Gasteiger partial charge is 0.0817 e. The third-order valence-electron chi connectivity index (χ3n) is 4.34. The highest BCUT2D eigenvalue weighted by Crippen LogP contribution is 2.22. The minimum absolute atomic E-state index is 0.436. The molecule has 2 saturated heterocycles. The van der Waals surface area contributed by atoms with Crippen molar-refractivity contribution in [2.75, 3.05) is 46.6 Å². The van der Waals surface area contributed by atoms with Crippen molar-refractivity contribution in [2.24, 2.45) is 0 Å². The van der Waals surface area contributed by atoms with Crippen LogP contribution >= 0.6 is 0 Å². The summed E-state index contributed by atoms with van der Waals surface area (Å²) in [5.74, 6) is 0. The Balaban J connectivity index is 1.76. The molecule has 5 heteroatoms. The predicted molar refractivity (Wildman–Crippen MR) is 74.3 cm³/mol. The number of morpholine rings is 1. The van der Waals surface area contributed by atoms with E-state index in [4.69, 9.17) is 9.47 Å². The van der Waals surface area contributed by atoms with Gasteiger partial charge in [0.15, 0.2) is 0 Å². The van der Waals surface area contributed by atoms with E-state index in [1.165, 1.54) is 0 Å². The van der Waals surface area contributed by atoms with Gasteiger partial charge in [-0.15, -0.1) is 0 Å². The van der Waals surface area contributed by atoms with Gasteiger partial charge in [0, 0.05) is 51.2 Å². The summed E-state index contributed by atoms with van der Waals surface area (Å²) in [7, 11) is 2.10. The lowest BCUT2D eigenvalue weighted by molar-refractivity contribution is -0.0817. The van der Waals surface area contributed by atoms with E-state index in [0.717, 1.165) is 45.6 Å². The molecule has 2 aliphatic rings. The van der Waals surface area contributed by atoms with E-state index >= 15 is 0 Å². The first-order chi connectivity index (χ1) is 9.09. The minimum Gasteiger partial charge on any atom is -0.388 e. The molecule has 2 N–H and O–H groups in total. The molecular formula is C14H28N2O3. The average molecular weight is 272 g/mol. The second kappa shape index (κ2) is 6.99. The number of hydrogen-bond donors (Lipinski definition) is 2. The van der Waals surface area contributed by atoms with E-state index in [1.54, 1.807) is 0 Å². The Morgan fingerprint density at radius 2 is 2.05 bits per heavy atom. The predicted octanol–water partition coefficient (Wildman–Crippen LogP) is 0.227. The second-order valence-corrected chi connectivity index (χ2v) is 6.06. The number of aliphatic hydroxyl groups is 1.